The summed E-state index contributed by atoms with van der Waals surface area (Å²) in [5, 5.41) is 6.37. The maximum atomic E-state index is 14.3. The van der Waals surface area contributed by atoms with E-state index in [1.54, 1.807) is 66.7 Å². The molecule has 0 radical (unpaired) electrons. The van der Waals surface area contributed by atoms with Crippen molar-refractivity contribution in [3.63, 3.8) is 0 Å². The molecule has 1 aliphatic rings. The van der Waals surface area contributed by atoms with E-state index in [0.717, 1.165) is 6.26 Å². The summed E-state index contributed by atoms with van der Waals surface area (Å²) < 4.78 is 44.3. The number of alkyl halides is 3. The number of primary amides is 1. The van der Waals surface area contributed by atoms with Crippen LogP contribution < -0.4 is 16.0 Å². The molecule has 3 N–H and O–H groups in total. The van der Waals surface area contributed by atoms with Crippen LogP contribution in [-0.2, 0) is 14.4 Å². The molecule has 0 bridgehead atoms. The van der Waals surface area contributed by atoms with Gasteiger partial charge in [-0.1, -0.05) is 59.8 Å². The van der Waals surface area contributed by atoms with Gasteiger partial charge in [-0.05, 0) is 38.0 Å². The highest BCUT2D eigenvalue weighted by molar-refractivity contribution is 6.21. The van der Waals surface area contributed by atoms with E-state index in [-0.39, 0.29) is 23.5 Å². The third-order valence-corrected chi connectivity index (χ3v) is 7.46. The third kappa shape index (κ3) is 6.92. The number of nitrogens with zero attached hydrogens (tertiary/aromatic N) is 4. The molecular formula is C32H29F3N6O4. The van der Waals surface area contributed by atoms with Gasteiger partial charge in [0.15, 0.2) is 0 Å². The number of aromatic nitrogens is 2. The topological polar surface area (TPSA) is 144 Å². The number of aryl methyl sites for hydroxylation is 1. The lowest BCUT2D eigenvalue weighted by Crippen LogP contribution is -2.49. The number of rotatable bonds is 10. The number of pyridine rings is 1. The molecule has 45 heavy (non-hydrogen) atoms. The first-order valence-corrected chi connectivity index (χ1v) is 14.1. The van der Waals surface area contributed by atoms with Crippen LogP contribution in [0.15, 0.2) is 94.8 Å². The van der Waals surface area contributed by atoms with Crippen molar-refractivity contribution in [2.24, 2.45) is 16.6 Å². The summed E-state index contributed by atoms with van der Waals surface area (Å²) in [6.45, 7) is 1.52. The molecule has 0 spiro atoms. The maximum absolute atomic E-state index is 14.3. The number of aliphatic imine (C=N–C) groups is 1. The van der Waals surface area contributed by atoms with Crippen molar-refractivity contribution in [1.82, 2.24) is 15.5 Å². The SMILES string of the molecule is Cc1nocc1C(C(N)=O)C(CCCC(F)(F)F)C(=O)NC1N=C(c2ccccc2)c2ccccc2N(c2ccccn2)C1=O. The van der Waals surface area contributed by atoms with E-state index in [2.05, 4.69) is 15.5 Å². The second kappa shape index (κ2) is 13.1. The Bertz CT molecular complexity index is 1710. The predicted octanol–water partition coefficient (Wildman–Crippen LogP) is 4.95. The molecule has 3 heterocycles. The quantitative estimate of drug-likeness (QED) is 0.257. The van der Waals surface area contributed by atoms with Gasteiger partial charge in [0.1, 0.15) is 12.1 Å². The third-order valence-electron chi connectivity index (χ3n) is 7.46. The molecule has 0 fully saturated rings. The van der Waals surface area contributed by atoms with Crippen LogP contribution in [-0.4, -0.2) is 45.9 Å². The Morgan fingerprint density at radius 3 is 2.40 bits per heavy atom. The molecule has 5 rings (SSSR count). The van der Waals surface area contributed by atoms with Gasteiger partial charge in [0, 0.05) is 29.3 Å². The number of benzodiazepines with no additional fused rings is 1. The predicted molar refractivity (Wildman–Crippen MR) is 158 cm³/mol. The number of hydrogen-bond acceptors (Lipinski definition) is 7. The largest absolute Gasteiger partial charge is 0.389 e. The van der Waals surface area contributed by atoms with Crippen LogP contribution in [0.3, 0.4) is 0 Å². The fourth-order valence-corrected chi connectivity index (χ4v) is 5.39. The summed E-state index contributed by atoms with van der Waals surface area (Å²) in [6, 6.07) is 21.1. The molecular weight excluding hydrogens is 589 g/mol. The lowest BCUT2D eigenvalue weighted by molar-refractivity contribution is -0.139. The van der Waals surface area contributed by atoms with Crippen molar-refractivity contribution < 1.29 is 32.1 Å². The molecule has 13 heteroatoms. The molecule has 3 amide bonds. The first kappa shape index (κ1) is 31.1. The number of amides is 3. The van der Waals surface area contributed by atoms with Crippen molar-refractivity contribution in [2.45, 2.75) is 44.4 Å². The zero-order valence-electron chi connectivity index (χ0n) is 24.1. The Labute approximate surface area is 256 Å². The van der Waals surface area contributed by atoms with E-state index in [1.165, 1.54) is 18.0 Å². The summed E-state index contributed by atoms with van der Waals surface area (Å²) in [7, 11) is 0. The number of hydrogen-bond donors (Lipinski definition) is 2. The van der Waals surface area contributed by atoms with Gasteiger partial charge >= 0.3 is 6.18 Å². The van der Waals surface area contributed by atoms with Gasteiger partial charge in [-0.25, -0.2) is 9.98 Å². The zero-order chi connectivity index (χ0) is 32.1. The molecule has 4 aromatic rings. The number of para-hydroxylation sites is 1. The van der Waals surface area contributed by atoms with E-state index in [1.807, 2.05) is 6.07 Å². The maximum Gasteiger partial charge on any atom is 0.389 e. The smallest absolute Gasteiger partial charge is 0.369 e. The minimum atomic E-state index is -4.49. The zero-order valence-corrected chi connectivity index (χ0v) is 24.1. The van der Waals surface area contributed by atoms with Crippen LogP contribution >= 0.6 is 0 Å². The number of carbonyl (C=O) groups excluding carboxylic acids is 3. The highest BCUT2D eigenvalue weighted by Gasteiger charge is 2.40. The lowest BCUT2D eigenvalue weighted by Gasteiger charge is -2.27. The van der Waals surface area contributed by atoms with E-state index in [9.17, 15) is 27.6 Å². The molecule has 1 aliphatic heterocycles. The van der Waals surface area contributed by atoms with Crippen LogP contribution in [0, 0.1) is 12.8 Å². The number of nitrogens with two attached hydrogens (primary N) is 1. The van der Waals surface area contributed by atoms with Crippen LogP contribution in [0.25, 0.3) is 0 Å². The van der Waals surface area contributed by atoms with Gasteiger partial charge in [-0.3, -0.25) is 19.3 Å². The fourth-order valence-electron chi connectivity index (χ4n) is 5.39. The molecule has 232 valence electrons. The van der Waals surface area contributed by atoms with E-state index >= 15 is 0 Å². The molecule has 3 atom stereocenters. The Kier molecular flexibility index (Phi) is 9.07. The number of fused-ring (bicyclic) bond motifs is 1. The van der Waals surface area contributed by atoms with Crippen molar-refractivity contribution in [3.05, 3.63) is 108 Å². The Balaban J connectivity index is 1.59. The van der Waals surface area contributed by atoms with Gasteiger partial charge in [0.25, 0.3) is 5.91 Å². The number of nitrogens with one attached hydrogen (secondary N) is 1. The van der Waals surface area contributed by atoms with Gasteiger partial charge in [-0.2, -0.15) is 13.2 Å². The summed E-state index contributed by atoms with van der Waals surface area (Å²) >= 11 is 0. The van der Waals surface area contributed by atoms with Crippen LogP contribution in [0.4, 0.5) is 24.7 Å². The molecule has 10 nitrogen and oxygen atoms in total. The summed E-state index contributed by atoms with van der Waals surface area (Å²) in [5.74, 6) is -5.05. The lowest BCUT2D eigenvalue weighted by atomic mass is 9.81. The van der Waals surface area contributed by atoms with Crippen LogP contribution in [0.2, 0.25) is 0 Å². The molecule has 0 saturated heterocycles. The number of anilines is 2. The first-order valence-electron chi connectivity index (χ1n) is 14.1. The highest BCUT2D eigenvalue weighted by atomic mass is 19.4. The Morgan fingerprint density at radius 2 is 1.76 bits per heavy atom. The van der Waals surface area contributed by atoms with Crippen LogP contribution in [0.5, 0.6) is 0 Å². The minimum Gasteiger partial charge on any atom is -0.369 e. The Morgan fingerprint density at radius 1 is 1.04 bits per heavy atom. The number of carbonyl (C=O) groups is 3. The molecule has 2 aromatic heterocycles. The highest BCUT2D eigenvalue weighted by Crippen LogP contribution is 2.35. The van der Waals surface area contributed by atoms with E-state index in [4.69, 9.17) is 15.2 Å². The van der Waals surface area contributed by atoms with E-state index in [0.29, 0.717) is 22.5 Å². The standard InChI is InChI=1S/C32H29F3N6O4/c1-19-23(18-45-40-19)26(28(36)42)22(13-9-16-32(33,34)35)30(43)39-29-31(44)41(25-15-7-8-17-37-25)24-14-6-5-12-21(24)27(38-29)20-10-3-2-4-11-20/h2-8,10-12,14-15,17-18,22,26,29H,9,13,16H2,1H3,(H2,36,42)(H,39,43). The average Bonchev–Trinajstić information content (AvgIpc) is 3.39. The van der Waals surface area contributed by atoms with Gasteiger partial charge in [0.05, 0.1) is 28.9 Å². The van der Waals surface area contributed by atoms with Gasteiger partial charge in [0.2, 0.25) is 18.0 Å². The second-order valence-corrected chi connectivity index (χ2v) is 10.5. The molecule has 0 saturated carbocycles. The molecule has 2 aromatic carbocycles. The van der Waals surface area contributed by atoms with Gasteiger partial charge in [-0.15, -0.1) is 0 Å². The van der Waals surface area contributed by atoms with Crippen LogP contribution in [0.1, 0.15) is 47.6 Å². The van der Waals surface area contributed by atoms with Crippen molar-refractivity contribution in [1.29, 1.82) is 0 Å². The summed E-state index contributed by atoms with van der Waals surface area (Å²) in [5.41, 5.74) is 8.20. The fraction of sp³-hybridized carbons (Fsp3) is 0.250. The second-order valence-electron chi connectivity index (χ2n) is 10.5. The number of benzene rings is 2. The molecule has 0 aliphatic carbocycles. The average molecular weight is 619 g/mol. The Hall–Kier alpha value is -5.33. The van der Waals surface area contributed by atoms with Crippen molar-refractivity contribution in [3.8, 4) is 0 Å². The number of halogens is 3. The van der Waals surface area contributed by atoms with Crippen molar-refractivity contribution in [2.75, 3.05) is 4.90 Å². The minimum absolute atomic E-state index is 0.165. The summed E-state index contributed by atoms with van der Waals surface area (Å²) in [4.78, 5) is 51.4. The molecule has 3 unspecified atom stereocenters. The summed E-state index contributed by atoms with van der Waals surface area (Å²) in [6.07, 6.45) is -5.43. The first-order chi connectivity index (χ1) is 21.5. The normalized spacial score (nSPS) is 16.3. The van der Waals surface area contributed by atoms with E-state index < -0.39 is 54.7 Å². The monoisotopic (exact) mass is 618 g/mol. The van der Waals surface area contributed by atoms with Gasteiger partial charge < -0.3 is 15.6 Å². The van der Waals surface area contributed by atoms with Crippen molar-refractivity contribution >= 4 is 34.9 Å².